The lowest BCUT2D eigenvalue weighted by Gasteiger charge is -2.33. The lowest BCUT2D eigenvalue weighted by Crippen LogP contribution is -2.21. The fourth-order valence-corrected chi connectivity index (χ4v) is 9.19. The van der Waals surface area contributed by atoms with Gasteiger partial charge in [0.15, 0.2) is 0 Å². The molecule has 10 aromatic rings. The molecule has 0 unspecified atom stereocenters. The normalized spacial score (nSPS) is 13.1. The standard InChI is InChI=1S/C53H37NO/c1-53(2)47-22-9-7-20-43(47)44-21-12-24-49(51(44)53)54(40-17-11-16-37(32-40)38-26-25-34-13-3-4-15-36(34)31-38)48-23-10-8-18-41(48)39-28-30-50-46(33-39)45-29-27-35-14-5-6-19-42(35)52(45)55-50/h3-33H,1-2H3. The van der Waals surface area contributed by atoms with Crippen molar-refractivity contribution in [3.8, 4) is 33.4 Å². The summed E-state index contributed by atoms with van der Waals surface area (Å²) in [7, 11) is 0. The zero-order chi connectivity index (χ0) is 36.7. The van der Waals surface area contributed by atoms with Gasteiger partial charge in [-0.1, -0.05) is 153 Å². The van der Waals surface area contributed by atoms with Crippen molar-refractivity contribution < 1.29 is 4.42 Å². The molecule has 0 atom stereocenters. The minimum Gasteiger partial charge on any atom is -0.455 e. The summed E-state index contributed by atoms with van der Waals surface area (Å²) in [5.41, 5.74) is 15.0. The van der Waals surface area contributed by atoms with Gasteiger partial charge in [0.1, 0.15) is 11.2 Å². The van der Waals surface area contributed by atoms with Gasteiger partial charge >= 0.3 is 0 Å². The van der Waals surface area contributed by atoms with E-state index in [0.29, 0.717) is 0 Å². The fraction of sp³-hybridized carbons (Fsp3) is 0.0566. The highest BCUT2D eigenvalue weighted by Gasteiger charge is 2.39. The molecule has 1 aliphatic carbocycles. The zero-order valence-corrected chi connectivity index (χ0v) is 30.8. The molecule has 55 heavy (non-hydrogen) atoms. The Morgan fingerprint density at radius 3 is 2.00 bits per heavy atom. The van der Waals surface area contributed by atoms with Crippen molar-refractivity contribution in [2.45, 2.75) is 19.3 Å². The van der Waals surface area contributed by atoms with E-state index in [1.54, 1.807) is 0 Å². The Hall–Kier alpha value is -6.90. The minimum atomic E-state index is -0.205. The van der Waals surface area contributed by atoms with Crippen LogP contribution in [0.3, 0.4) is 0 Å². The molecule has 0 N–H and O–H groups in total. The SMILES string of the molecule is CC1(C)c2ccccc2-c2cccc(N(c3cccc(-c4ccc5ccccc5c4)c3)c3ccccc3-c3ccc4oc5c6ccccc6ccc5c4c3)c21. The van der Waals surface area contributed by atoms with E-state index in [1.807, 2.05) is 0 Å². The van der Waals surface area contributed by atoms with Gasteiger partial charge in [-0.15, -0.1) is 0 Å². The monoisotopic (exact) mass is 703 g/mol. The Labute approximate surface area is 320 Å². The number of anilines is 3. The molecule has 1 heterocycles. The Bertz CT molecular complexity index is 3150. The van der Waals surface area contributed by atoms with Crippen LogP contribution in [-0.2, 0) is 5.41 Å². The number of para-hydroxylation sites is 1. The summed E-state index contributed by atoms with van der Waals surface area (Å²) in [6.45, 7) is 4.75. The van der Waals surface area contributed by atoms with Crippen LogP contribution in [-0.4, -0.2) is 0 Å². The van der Waals surface area contributed by atoms with Crippen LogP contribution >= 0.6 is 0 Å². The van der Waals surface area contributed by atoms with E-state index in [-0.39, 0.29) is 5.41 Å². The highest BCUT2D eigenvalue weighted by Crippen LogP contribution is 2.55. The Kier molecular flexibility index (Phi) is 6.93. The molecule has 1 aliphatic rings. The molecule has 11 rings (SSSR count). The average Bonchev–Trinajstić information content (AvgIpc) is 3.73. The largest absolute Gasteiger partial charge is 0.455 e. The van der Waals surface area contributed by atoms with E-state index in [9.17, 15) is 0 Å². The Balaban J connectivity index is 1.14. The van der Waals surface area contributed by atoms with Crippen LogP contribution in [0.1, 0.15) is 25.0 Å². The number of hydrogen-bond acceptors (Lipinski definition) is 2. The van der Waals surface area contributed by atoms with Gasteiger partial charge in [-0.05, 0) is 104 Å². The van der Waals surface area contributed by atoms with E-state index in [4.69, 9.17) is 4.42 Å². The molecule has 0 saturated carbocycles. The second-order valence-corrected chi connectivity index (χ2v) is 15.3. The van der Waals surface area contributed by atoms with Gasteiger partial charge < -0.3 is 9.32 Å². The molecule has 0 aliphatic heterocycles. The number of fused-ring (bicyclic) bond motifs is 9. The fourth-order valence-electron chi connectivity index (χ4n) is 9.19. The summed E-state index contributed by atoms with van der Waals surface area (Å²) in [5.74, 6) is 0. The van der Waals surface area contributed by atoms with Gasteiger partial charge in [0.25, 0.3) is 0 Å². The van der Waals surface area contributed by atoms with Crippen molar-refractivity contribution in [3.63, 3.8) is 0 Å². The quantitative estimate of drug-likeness (QED) is 0.177. The van der Waals surface area contributed by atoms with E-state index in [0.717, 1.165) is 49.8 Å². The second kappa shape index (κ2) is 12.1. The molecule has 0 amide bonds. The maximum Gasteiger partial charge on any atom is 0.143 e. The highest BCUT2D eigenvalue weighted by atomic mass is 16.3. The molecule has 0 spiro atoms. The third-order valence-corrected chi connectivity index (χ3v) is 11.8. The first-order chi connectivity index (χ1) is 27.0. The molecule has 9 aromatic carbocycles. The van der Waals surface area contributed by atoms with Gasteiger partial charge in [-0.3, -0.25) is 0 Å². The van der Waals surface area contributed by atoms with Gasteiger partial charge in [-0.25, -0.2) is 0 Å². The molecule has 260 valence electrons. The molecular weight excluding hydrogens is 667 g/mol. The molecule has 2 heteroatoms. The number of hydrogen-bond donors (Lipinski definition) is 0. The molecule has 2 nitrogen and oxygen atoms in total. The van der Waals surface area contributed by atoms with E-state index >= 15 is 0 Å². The summed E-state index contributed by atoms with van der Waals surface area (Å²) >= 11 is 0. The van der Waals surface area contributed by atoms with Gasteiger partial charge in [0, 0.05) is 32.8 Å². The topological polar surface area (TPSA) is 16.4 Å². The van der Waals surface area contributed by atoms with Crippen LogP contribution < -0.4 is 4.90 Å². The van der Waals surface area contributed by atoms with E-state index in [1.165, 1.54) is 55.2 Å². The smallest absolute Gasteiger partial charge is 0.143 e. The summed E-state index contributed by atoms with van der Waals surface area (Å²) < 4.78 is 6.55. The van der Waals surface area contributed by atoms with Crippen LogP contribution in [0.2, 0.25) is 0 Å². The highest BCUT2D eigenvalue weighted by molar-refractivity contribution is 6.15. The van der Waals surface area contributed by atoms with Gasteiger partial charge in [0.05, 0.1) is 11.4 Å². The summed E-state index contributed by atoms with van der Waals surface area (Å²) in [6, 6.07) is 68.5. The third kappa shape index (κ3) is 4.88. The van der Waals surface area contributed by atoms with Gasteiger partial charge in [0.2, 0.25) is 0 Å². The van der Waals surface area contributed by atoms with Crippen molar-refractivity contribution in [1.29, 1.82) is 0 Å². The Morgan fingerprint density at radius 1 is 0.418 bits per heavy atom. The first-order valence-corrected chi connectivity index (χ1v) is 19.1. The van der Waals surface area contributed by atoms with E-state index in [2.05, 4.69) is 207 Å². The molecule has 0 saturated heterocycles. The summed E-state index contributed by atoms with van der Waals surface area (Å²) in [4.78, 5) is 2.50. The first kappa shape index (κ1) is 31.6. The second-order valence-electron chi connectivity index (χ2n) is 15.3. The molecule has 0 fully saturated rings. The molecule has 0 radical (unpaired) electrons. The van der Waals surface area contributed by atoms with Gasteiger partial charge in [-0.2, -0.15) is 0 Å². The van der Waals surface area contributed by atoms with Crippen LogP contribution in [0, 0.1) is 0 Å². The Morgan fingerprint density at radius 2 is 1.09 bits per heavy atom. The number of furan rings is 1. The van der Waals surface area contributed by atoms with E-state index < -0.39 is 0 Å². The molecule has 0 bridgehead atoms. The van der Waals surface area contributed by atoms with Crippen molar-refractivity contribution in [2.24, 2.45) is 0 Å². The van der Waals surface area contributed by atoms with Crippen LogP contribution in [0.15, 0.2) is 192 Å². The molecular formula is C53H37NO. The van der Waals surface area contributed by atoms with Crippen molar-refractivity contribution in [3.05, 3.63) is 199 Å². The number of nitrogens with zero attached hydrogens (tertiary/aromatic N) is 1. The minimum absolute atomic E-state index is 0.205. The lowest BCUT2D eigenvalue weighted by molar-refractivity contribution is 0.661. The third-order valence-electron chi connectivity index (χ3n) is 11.8. The van der Waals surface area contributed by atoms with Crippen LogP contribution in [0.25, 0.3) is 76.9 Å². The van der Waals surface area contributed by atoms with Crippen LogP contribution in [0.5, 0.6) is 0 Å². The predicted molar refractivity (Wildman–Crippen MR) is 232 cm³/mol. The first-order valence-electron chi connectivity index (χ1n) is 19.1. The van der Waals surface area contributed by atoms with Crippen molar-refractivity contribution >= 4 is 60.5 Å². The predicted octanol–water partition coefficient (Wildman–Crippen LogP) is 15.0. The maximum atomic E-state index is 6.55. The summed E-state index contributed by atoms with van der Waals surface area (Å²) in [5, 5.41) is 7.06. The van der Waals surface area contributed by atoms with Crippen molar-refractivity contribution in [2.75, 3.05) is 4.90 Å². The van der Waals surface area contributed by atoms with Crippen LogP contribution in [0.4, 0.5) is 17.1 Å². The number of benzene rings is 9. The average molecular weight is 704 g/mol. The lowest BCUT2D eigenvalue weighted by atomic mass is 9.81. The number of rotatable bonds is 5. The zero-order valence-electron chi connectivity index (χ0n) is 30.8. The summed E-state index contributed by atoms with van der Waals surface area (Å²) in [6.07, 6.45) is 0. The molecule has 1 aromatic heterocycles. The van der Waals surface area contributed by atoms with Crippen molar-refractivity contribution in [1.82, 2.24) is 0 Å². The maximum absolute atomic E-state index is 6.55.